The molecular weight excluding hydrogens is 391 g/mol. The Kier molecular flexibility index (Phi) is 5.81. The molecule has 1 saturated heterocycles. The lowest BCUT2D eigenvalue weighted by atomic mass is 10.0. The van der Waals surface area contributed by atoms with E-state index in [9.17, 15) is 18.0 Å². The monoisotopic (exact) mass is 415 g/mol. The summed E-state index contributed by atoms with van der Waals surface area (Å²) in [4.78, 5) is 16.4. The lowest BCUT2D eigenvalue weighted by Crippen LogP contribution is -2.54. The van der Waals surface area contributed by atoms with Gasteiger partial charge in [-0.05, 0) is 42.3 Å². The predicted molar refractivity (Wildman–Crippen MR) is 110 cm³/mol. The lowest BCUT2D eigenvalue weighted by molar-refractivity contribution is 0.0953. The zero-order chi connectivity index (χ0) is 21.3. The second-order valence-electron chi connectivity index (χ2n) is 7.77. The Morgan fingerprint density at radius 3 is 2.67 bits per heavy atom. The summed E-state index contributed by atoms with van der Waals surface area (Å²) >= 11 is 0. The Labute approximate surface area is 174 Å². The summed E-state index contributed by atoms with van der Waals surface area (Å²) in [5.74, 6) is -1.08. The quantitative estimate of drug-likeness (QED) is 0.817. The molecule has 0 spiro atoms. The number of halogens is 3. The minimum atomic E-state index is -1.15. The average Bonchev–Trinajstić information content (AvgIpc) is 3.20. The van der Waals surface area contributed by atoms with E-state index in [1.807, 2.05) is 30.3 Å². The van der Waals surface area contributed by atoms with E-state index in [2.05, 4.69) is 5.32 Å². The van der Waals surface area contributed by atoms with Crippen molar-refractivity contribution in [1.29, 1.82) is 0 Å². The van der Waals surface area contributed by atoms with Crippen LogP contribution in [-0.4, -0.2) is 54.7 Å². The summed E-state index contributed by atoms with van der Waals surface area (Å²) in [6.07, 6.45) is 1.15. The van der Waals surface area contributed by atoms with Crippen LogP contribution in [0.2, 0.25) is 0 Å². The molecule has 4 nitrogen and oxygen atoms in total. The summed E-state index contributed by atoms with van der Waals surface area (Å²) in [5.41, 5.74) is 1.53. The number of alkyl halides is 1. The fourth-order valence-corrected chi connectivity index (χ4v) is 4.23. The third kappa shape index (κ3) is 3.94. The molecule has 7 heteroatoms. The van der Waals surface area contributed by atoms with Gasteiger partial charge in [0.2, 0.25) is 0 Å². The Morgan fingerprint density at radius 1 is 1.17 bits per heavy atom. The molecule has 4 rings (SSSR count). The van der Waals surface area contributed by atoms with Crippen LogP contribution in [-0.2, 0) is 0 Å². The second-order valence-corrected chi connectivity index (χ2v) is 7.77. The van der Waals surface area contributed by atoms with E-state index in [1.54, 1.807) is 18.0 Å². The van der Waals surface area contributed by atoms with Crippen LogP contribution in [0.25, 0.3) is 5.57 Å². The van der Waals surface area contributed by atoms with Crippen molar-refractivity contribution in [3.8, 4) is 0 Å². The van der Waals surface area contributed by atoms with Crippen molar-refractivity contribution in [3.63, 3.8) is 0 Å². The van der Waals surface area contributed by atoms with Gasteiger partial charge in [0.15, 0.2) is 0 Å². The Morgan fingerprint density at radius 2 is 1.93 bits per heavy atom. The maximum atomic E-state index is 14.4. The number of nitrogens with one attached hydrogen (secondary N) is 1. The predicted octanol–water partition coefficient (Wildman–Crippen LogP) is 4.16. The van der Waals surface area contributed by atoms with Gasteiger partial charge in [0, 0.05) is 25.7 Å². The largest absolute Gasteiger partial charge is 0.322 e. The molecule has 2 aromatic carbocycles. The first-order valence-corrected chi connectivity index (χ1v) is 10.0. The second kappa shape index (κ2) is 8.52. The van der Waals surface area contributed by atoms with Crippen LogP contribution in [0.4, 0.5) is 18.0 Å². The molecule has 158 valence electrons. The molecular formula is C23H24F3N3O. The van der Waals surface area contributed by atoms with Gasteiger partial charge in [-0.3, -0.25) is 0 Å². The minimum Gasteiger partial charge on any atom is -0.322 e. The Hall–Kier alpha value is -2.80. The van der Waals surface area contributed by atoms with Gasteiger partial charge in [-0.25, -0.2) is 18.0 Å². The molecule has 2 aromatic rings. The van der Waals surface area contributed by atoms with Crippen molar-refractivity contribution < 1.29 is 18.0 Å². The van der Waals surface area contributed by atoms with E-state index in [4.69, 9.17) is 0 Å². The summed E-state index contributed by atoms with van der Waals surface area (Å²) in [6.45, 7) is 0.969. The highest BCUT2D eigenvalue weighted by Crippen LogP contribution is 2.36. The molecule has 30 heavy (non-hydrogen) atoms. The van der Waals surface area contributed by atoms with Crippen molar-refractivity contribution in [2.75, 3.05) is 26.7 Å². The molecule has 0 aliphatic carbocycles. The number of rotatable bonds is 3. The van der Waals surface area contributed by atoms with E-state index in [0.29, 0.717) is 18.5 Å². The van der Waals surface area contributed by atoms with Gasteiger partial charge < -0.3 is 15.1 Å². The van der Waals surface area contributed by atoms with Gasteiger partial charge in [-0.15, -0.1) is 0 Å². The summed E-state index contributed by atoms with van der Waals surface area (Å²) in [5, 5.41) is 2.99. The maximum absolute atomic E-state index is 14.4. The number of urea groups is 1. The van der Waals surface area contributed by atoms with Crippen molar-refractivity contribution in [2.45, 2.75) is 24.7 Å². The van der Waals surface area contributed by atoms with Crippen LogP contribution in [0.15, 0.2) is 54.6 Å². The number of carbonyl (C=O) groups excluding carboxylic acids is 1. The molecule has 3 atom stereocenters. The van der Waals surface area contributed by atoms with Crippen LogP contribution in [0.3, 0.4) is 0 Å². The van der Waals surface area contributed by atoms with Crippen LogP contribution in [0.1, 0.15) is 23.6 Å². The smallest absolute Gasteiger partial charge is 0.321 e. The van der Waals surface area contributed by atoms with Gasteiger partial charge in [-0.2, -0.15) is 0 Å². The van der Waals surface area contributed by atoms with E-state index < -0.39 is 29.9 Å². The van der Waals surface area contributed by atoms with E-state index >= 15 is 0 Å². The summed E-state index contributed by atoms with van der Waals surface area (Å²) < 4.78 is 42.6. The Balaban J connectivity index is 1.66. The first-order valence-electron chi connectivity index (χ1n) is 10.0. The molecule has 0 radical (unpaired) electrons. The highest BCUT2D eigenvalue weighted by atomic mass is 19.1. The van der Waals surface area contributed by atoms with Crippen LogP contribution in [0.5, 0.6) is 0 Å². The van der Waals surface area contributed by atoms with Gasteiger partial charge in [0.05, 0.1) is 12.1 Å². The number of hydrogen-bond acceptors (Lipinski definition) is 2. The molecule has 1 N–H and O–H groups in total. The minimum absolute atomic E-state index is 0.116. The van der Waals surface area contributed by atoms with Crippen molar-refractivity contribution >= 4 is 11.6 Å². The van der Waals surface area contributed by atoms with E-state index in [0.717, 1.165) is 23.8 Å². The topological polar surface area (TPSA) is 35.6 Å². The SMILES string of the molecule is CN(C(=O)N1CC(c2cc(F)ccc2F)=C[C@H]1c1ccccc1)[C@H]1CCNC[C@H]1F. The first-order chi connectivity index (χ1) is 14.5. The van der Waals surface area contributed by atoms with Crippen LogP contribution in [0, 0.1) is 11.6 Å². The highest BCUT2D eigenvalue weighted by Gasteiger charge is 2.37. The molecule has 0 aromatic heterocycles. The van der Waals surface area contributed by atoms with Gasteiger partial charge in [-0.1, -0.05) is 36.4 Å². The fraction of sp³-hybridized carbons (Fsp3) is 0.348. The number of piperidine rings is 1. The molecule has 2 amide bonds. The summed E-state index contributed by atoms with van der Waals surface area (Å²) in [6, 6.07) is 11.4. The van der Waals surface area contributed by atoms with Crippen molar-refractivity contribution in [1.82, 2.24) is 15.1 Å². The molecule has 0 unspecified atom stereocenters. The normalized spacial score (nSPS) is 23.9. The molecule has 2 aliphatic heterocycles. The van der Waals surface area contributed by atoms with Crippen molar-refractivity contribution in [3.05, 3.63) is 77.4 Å². The molecule has 2 aliphatic rings. The van der Waals surface area contributed by atoms with Crippen molar-refractivity contribution in [2.24, 2.45) is 0 Å². The summed E-state index contributed by atoms with van der Waals surface area (Å²) in [7, 11) is 1.60. The average molecular weight is 415 g/mol. The third-order valence-corrected chi connectivity index (χ3v) is 5.87. The van der Waals surface area contributed by atoms with E-state index in [1.165, 1.54) is 4.90 Å². The van der Waals surface area contributed by atoms with Crippen LogP contribution >= 0.6 is 0 Å². The van der Waals surface area contributed by atoms with E-state index in [-0.39, 0.29) is 24.7 Å². The Bertz CT molecular complexity index is 950. The van der Waals surface area contributed by atoms with Gasteiger partial charge >= 0.3 is 6.03 Å². The van der Waals surface area contributed by atoms with Gasteiger partial charge in [0.1, 0.15) is 17.8 Å². The molecule has 2 heterocycles. The standard InChI is InChI=1S/C23H24F3N3O/c1-28(21-9-10-27-13-20(21)26)23(30)29-14-16(18-12-17(24)7-8-19(18)25)11-22(29)15-5-3-2-4-6-15/h2-8,11-12,20-22,27H,9-10,13-14H2,1H3/t20-,21+,22+/m1/s1. The molecule has 1 fully saturated rings. The maximum Gasteiger partial charge on any atom is 0.321 e. The van der Waals surface area contributed by atoms with Gasteiger partial charge in [0.25, 0.3) is 0 Å². The lowest BCUT2D eigenvalue weighted by Gasteiger charge is -2.38. The number of carbonyl (C=O) groups is 1. The zero-order valence-electron chi connectivity index (χ0n) is 16.7. The number of nitrogens with zero attached hydrogens (tertiary/aromatic N) is 2. The number of benzene rings is 2. The number of hydrogen-bond donors (Lipinski definition) is 1. The first kappa shape index (κ1) is 20.5. The fourth-order valence-electron chi connectivity index (χ4n) is 4.23. The molecule has 0 saturated carbocycles. The zero-order valence-corrected chi connectivity index (χ0v) is 16.7. The third-order valence-electron chi connectivity index (χ3n) is 5.87. The molecule has 0 bridgehead atoms. The number of amides is 2. The van der Waals surface area contributed by atoms with Crippen LogP contribution < -0.4 is 5.32 Å². The highest BCUT2D eigenvalue weighted by molar-refractivity contribution is 5.82.